The fourth-order valence-corrected chi connectivity index (χ4v) is 4.45. The fourth-order valence-electron chi connectivity index (χ4n) is 3.13. The molecule has 1 fully saturated rings. The van der Waals surface area contributed by atoms with Crippen LogP contribution in [0.3, 0.4) is 0 Å². The standard InChI is InChI=1S/C21H15NO4S2/c23-19-17(11-13-10-15-8-4-5-9-16(15)26-12-13)28-21(27)22(19)18(20(24)25)14-6-2-1-3-7-14/h1-11,18H,12H2,(H,24,25). The summed E-state index contributed by atoms with van der Waals surface area (Å²) in [5.41, 5.74) is 2.26. The van der Waals surface area contributed by atoms with Gasteiger partial charge in [-0.3, -0.25) is 9.69 Å². The number of carboxylic acid groups (broad SMARTS) is 1. The maximum absolute atomic E-state index is 13.0. The molecule has 5 nitrogen and oxygen atoms in total. The molecule has 0 bridgehead atoms. The fraction of sp³-hybridized carbons (Fsp3) is 0.0952. The summed E-state index contributed by atoms with van der Waals surface area (Å²) in [5.74, 6) is -0.744. The molecule has 1 N–H and O–H groups in total. The van der Waals surface area contributed by atoms with Crippen LogP contribution in [0, 0.1) is 0 Å². The second-order valence-corrected chi connectivity index (χ2v) is 7.92. The van der Waals surface area contributed by atoms with Gasteiger partial charge in [-0.1, -0.05) is 72.5 Å². The Morgan fingerprint density at radius 3 is 2.64 bits per heavy atom. The van der Waals surface area contributed by atoms with E-state index in [2.05, 4.69) is 0 Å². The maximum Gasteiger partial charge on any atom is 0.331 e. The number of fused-ring (bicyclic) bond motifs is 1. The van der Waals surface area contributed by atoms with Crippen molar-refractivity contribution in [3.63, 3.8) is 0 Å². The quantitative estimate of drug-likeness (QED) is 0.607. The van der Waals surface area contributed by atoms with E-state index in [-0.39, 0.29) is 4.32 Å². The van der Waals surface area contributed by atoms with E-state index in [0.717, 1.165) is 28.6 Å². The number of thiocarbonyl (C=S) groups is 1. The predicted molar refractivity (Wildman–Crippen MR) is 112 cm³/mol. The number of rotatable bonds is 4. The van der Waals surface area contributed by atoms with Gasteiger partial charge in [0.05, 0.1) is 4.91 Å². The molecule has 2 aliphatic rings. The number of thioether (sulfide) groups is 1. The van der Waals surface area contributed by atoms with Crippen molar-refractivity contribution in [1.82, 2.24) is 4.90 Å². The Bertz CT molecular complexity index is 1030. The highest BCUT2D eigenvalue weighted by atomic mass is 32.2. The lowest BCUT2D eigenvalue weighted by Gasteiger charge is -2.23. The smallest absolute Gasteiger partial charge is 0.331 e. The van der Waals surface area contributed by atoms with Gasteiger partial charge in [0.2, 0.25) is 0 Å². The lowest BCUT2D eigenvalue weighted by Crippen LogP contribution is -2.37. The van der Waals surface area contributed by atoms with Gasteiger partial charge in [-0.15, -0.1) is 0 Å². The number of ether oxygens (including phenoxy) is 1. The van der Waals surface area contributed by atoms with Crippen LogP contribution in [0.15, 0.2) is 71.2 Å². The molecule has 1 amide bonds. The third-order valence-corrected chi connectivity index (χ3v) is 5.73. The minimum Gasteiger partial charge on any atom is -0.488 e. The normalized spacial score (nSPS) is 18.5. The molecule has 7 heteroatoms. The zero-order chi connectivity index (χ0) is 19.7. The van der Waals surface area contributed by atoms with E-state index in [4.69, 9.17) is 17.0 Å². The molecular formula is C21H15NO4S2. The molecule has 28 heavy (non-hydrogen) atoms. The van der Waals surface area contributed by atoms with Crippen LogP contribution in [-0.4, -0.2) is 32.8 Å². The summed E-state index contributed by atoms with van der Waals surface area (Å²) in [4.78, 5) is 26.4. The molecule has 2 aromatic carbocycles. The summed E-state index contributed by atoms with van der Waals surface area (Å²) in [6.45, 7) is 0.335. The van der Waals surface area contributed by atoms with Crippen LogP contribution in [0.1, 0.15) is 17.2 Å². The molecule has 2 heterocycles. The Hall–Kier alpha value is -2.90. The van der Waals surface area contributed by atoms with Crippen molar-refractivity contribution in [2.45, 2.75) is 6.04 Å². The monoisotopic (exact) mass is 409 g/mol. The summed E-state index contributed by atoms with van der Waals surface area (Å²) in [5, 5.41) is 9.73. The second-order valence-electron chi connectivity index (χ2n) is 6.25. The molecule has 1 atom stereocenters. The van der Waals surface area contributed by atoms with Gasteiger partial charge in [0.1, 0.15) is 16.7 Å². The van der Waals surface area contributed by atoms with Crippen LogP contribution < -0.4 is 4.74 Å². The molecule has 140 valence electrons. The number of carbonyl (C=O) groups is 2. The number of nitrogens with zero attached hydrogens (tertiary/aromatic N) is 1. The maximum atomic E-state index is 13.0. The minimum absolute atomic E-state index is 0.227. The second kappa shape index (κ2) is 7.61. The number of hydrogen-bond donors (Lipinski definition) is 1. The van der Waals surface area contributed by atoms with Crippen LogP contribution in [-0.2, 0) is 9.59 Å². The topological polar surface area (TPSA) is 66.8 Å². The number of hydrogen-bond acceptors (Lipinski definition) is 5. The van der Waals surface area contributed by atoms with E-state index in [1.54, 1.807) is 36.4 Å². The highest BCUT2D eigenvalue weighted by Gasteiger charge is 2.41. The summed E-state index contributed by atoms with van der Waals surface area (Å²) in [6.07, 6.45) is 3.68. The molecule has 0 aliphatic carbocycles. The summed E-state index contributed by atoms with van der Waals surface area (Å²) in [6, 6.07) is 15.1. The van der Waals surface area contributed by atoms with Gasteiger partial charge in [-0.25, -0.2) is 4.79 Å². The van der Waals surface area contributed by atoms with Crippen molar-refractivity contribution in [3.8, 4) is 5.75 Å². The average Bonchev–Trinajstić information content (AvgIpc) is 2.96. The Balaban J connectivity index is 1.65. The van der Waals surface area contributed by atoms with Crippen molar-refractivity contribution < 1.29 is 19.4 Å². The van der Waals surface area contributed by atoms with Crippen molar-refractivity contribution >= 4 is 46.3 Å². The highest BCUT2D eigenvalue weighted by Crippen LogP contribution is 2.38. The van der Waals surface area contributed by atoms with Crippen LogP contribution in [0.2, 0.25) is 0 Å². The van der Waals surface area contributed by atoms with Gasteiger partial charge in [-0.05, 0) is 29.4 Å². The van der Waals surface area contributed by atoms with Crippen molar-refractivity contribution in [1.29, 1.82) is 0 Å². The Labute approximate surface area is 171 Å². The van der Waals surface area contributed by atoms with Crippen LogP contribution in [0.25, 0.3) is 6.08 Å². The minimum atomic E-state index is -1.16. The lowest BCUT2D eigenvalue weighted by molar-refractivity contribution is -0.145. The average molecular weight is 409 g/mol. The van der Waals surface area contributed by atoms with Crippen LogP contribution in [0.5, 0.6) is 5.75 Å². The van der Waals surface area contributed by atoms with Gasteiger partial charge >= 0.3 is 5.97 Å². The van der Waals surface area contributed by atoms with Crippen LogP contribution >= 0.6 is 24.0 Å². The molecule has 4 rings (SSSR count). The molecule has 0 spiro atoms. The number of carboxylic acids is 1. The molecule has 0 aromatic heterocycles. The van der Waals surface area contributed by atoms with Gasteiger partial charge in [-0.2, -0.15) is 0 Å². The van der Waals surface area contributed by atoms with E-state index in [9.17, 15) is 14.7 Å². The number of carbonyl (C=O) groups excluding carboxylic acids is 1. The molecule has 1 saturated heterocycles. The molecule has 0 radical (unpaired) electrons. The molecule has 2 aromatic rings. The first-order valence-electron chi connectivity index (χ1n) is 8.52. The highest BCUT2D eigenvalue weighted by molar-refractivity contribution is 8.26. The first kappa shape index (κ1) is 18.5. The first-order chi connectivity index (χ1) is 13.5. The van der Waals surface area contributed by atoms with Gasteiger partial charge < -0.3 is 9.84 Å². The van der Waals surface area contributed by atoms with Gasteiger partial charge in [0, 0.05) is 5.56 Å². The van der Waals surface area contributed by atoms with Crippen molar-refractivity contribution in [3.05, 3.63) is 82.3 Å². The molecule has 0 saturated carbocycles. The third-order valence-electron chi connectivity index (χ3n) is 4.40. The third kappa shape index (κ3) is 3.46. The zero-order valence-electron chi connectivity index (χ0n) is 14.6. The van der Waals surface area contributed by atoms with E-state index in [1.807, 2.05) is 30.3 Å². The molecule has 1 unspecified atom stereocenters. The van der Waals surface area contributed by atoms with Crippen LogP contribution in [0.4, 0.5) is 0 Å². The van der Waals surface area contributed by atoms with Gasteiger partial charge in [0.25, 0.3) is 5.91 Å². The lowest BCUT2D eigenvalue weighted by atomic mass is 10.1. The van der Waals surface area contributed by atoms with Crippen molar-refractivity contribution in [2.75, 3.05) is 6.61 Å². The first-order valence-corrected chi connectivity index (χ1v) is 9.74. The Kier molecular flexibility index (Phi) is 5.02. The SMILES string of the molecule is O=C(O)C(c1ccccc1)N1C(=O)C(=CC2=Cc3ccccc3OC2)SC1=S. The van der Waals surface area contributed by atoms with Crippen molar-refractivity contribution in [2.24, 2.45) is 0 Å². The summed E-state index contributed by atoms with van der Waals surface area (Å²) < 4.78 is 5.94. The summed E-state index contributed by atoms with van der Waals surface area (Å²) in [7, 11) is 0. The van der Waals surface area contributed by atoms with E-state index >= 15 is 0 Å². The molecule has 2 aliphatic heterocycles. The Morgan fingerprint density at radius 1 is 1.18 bits per heavy atom. The van der Waals surface area contributed by atoms with E-state index in [1.165, 1.54) is 4.90 Å². The number of benzene rings is 2. The largest absolute Gasteiger partial charge is 0.488 e. The number of para-hydroxylation sites is 1. The number of aliphatic carboxylic acids is 1. The van der Waals surface area contributed by atoms with E-state index in [0.29, 0.717) is 17.1 Å². The molecular weight excluding hydrogens is 394 g/mol. The van der Waals surface area contributed by atoms with Gasteiger partial charge in [0.15, 0.2) is 6.04 Å². The Morgan fingerprint density at radius 2 is 1.89 bits per heavy atom. The summed E-state index contributed by atoms with van der Waals surface area (Å²) >= 11 is 6.44. The zero-order valence-corrected chi connectivity index (χ0v) is 16.2. The van der Waals surface area contributed by atoms with E-state index < -0.39 is 17.9 Å². The predicted octanol–water partition coefficient (Wildman–Crippen LogP) is 4.03. The number of amides is 1.